The normalized spacial score (nSPS) is 20.0. The van der Waals surface area contributed by atoms with Crippen LogP contribution in [0.2, 0.25) is 0 Å². The van der Waals surface area contributed by atoms with E-state index in [1.54, 1.807) is 4.90 Å². The molecule has 1 heterocycles. The van der Waals surface area contributed by atoms with Gasteiger partial charge in [-0.25, -0.2) is 4.79 Å². The fraction of sp³-hybridized carbons (Fsp3) is 0.550. The number of nitrogens with one attached hydrogen (secondary N) is 1. The van der Waals surface area contributed by atoms with Crippen molar-refractivity contribution in [2.75, 3.05) is 13.1 Å². The first-order valence-corrected chi connectivity index (χ1v) is 8.88. The molecule has 0 radical (unpaired) electrons. The van der Waals surface area contributed by atoms with Crippen molar-refractivity contribution in [2.45, 2.75) is 51.7 Å². The van der Waals surface area contributed by atoms with Crippen LogP contribution in [0.1, 0.15) is 40.6 Å². The summed E-state index contributed by atoms with van der Waals surface area (Å²) in [5, 5.41) is 3.57. The summed E-state index contributed by atoms with van der Waals surface area (Å²) >= 11 is 0. The van der Waals surface area contributed by atoms with Crippen molar-refractivity contribution in [1.82, 2.24) is 10.2 Å². The fourth-order valence-electron chi connectivity index (χ4n) is 2.99. The van der Waals surface area contributed by atoms with Gasteiger partial charge in [0.25, 0.3) is 0 Å². The van der Waals surface area contributed by atoms with Gasteiger partial charge in [-0.05, 0) is 51.2 Å². The monoisotopic (exact) mass is 350 g/mol. The average Bonchev–Trinajstić information content (AvgIpc) is 3.25. The summed E-state index contributed by atoms with van der Waals surface area (Å²) in [6.07, 6.45) is 5.25. The molecule has 3 rings (SSSR count). The Bertz CT molecular complexity index is 612. The fourth-order valence-corrected chi connectivity index (χ4v) is 2.99. The molecule has 0 bridgehead atoms. The maximum absolute atomic E-state index is 12.4. The maximum Gasteiger partial charge on any atom is 0.414 e. The third kappa shape index (κ3) is 5.85. The van der Waals surface area contributed by atoms with Crippen molar-refractivity contribution in [1.29, 1.82) is 0 Å². The van der Waals surface area contributed by atoms with Crippen molar-refractivity contribution < 1.29 is 15.7 Å². The Hall–Kier alpha value is -1.88. The Morgan fingerprint density at radius 3 is 2.56 bits per heavy atom. The molecule has 1 fully saturated rings. The molecule has 1 aromatic rings. The van der Waals surface area contributed by atoms with Crippen molar-refractivity contribution in [2.24, 2.45) is 5.92 Å². The minimum absolute atomic E-state index is 0. The molecule has 1 aromatic carbocycles. The molecule has 1 N–H and O–H groups in total. The van der Waals surface area contributed by atoms with Crippen LogP contribution in [0, 0.1) is 5.92 Å². The molecule has 2 aliphatic rings. The van der Waals surface area contributed by atoms with Gasteiger partial charge in [0.1, 0.15) is 5.60 Å². The number of benzene rings is 1. The number of hydrogen-bond acceptors (Lipinski definition) is 3. The van der Waals surface area contributed by atoms with Gasteiger partial charge in [0.05, 0.1) is 0 Å². The number of hydrogen-bond donors (Lipinski definition) is 1. The molecule has 1 saturated carbocycles. The molecule has 0 saturated heterocycles. The maximum atomic E-state index is 12.4. The van der Waals surface area contributed by atoms with Crippen LogP contribution in [-0.4, -0.2) is 35.7 Å². The lowest BCUT2D eigenvalue weighted by Gasteiger charge is -2.24. The Morgan fingerprint density at radius 1 is 1.28 bits per heavy atom. The summed E-state index contributed by atoms with van der Waals surface area (Å²) in [5.74, 6) is 0.353. The van der Waals surface area contributed by atoms with Crippen LogP contribution < -0.4 is 5.32 Å². The number of carbonyl (C=O) groups excluding carboxylic acids is 1. The summed E-state index contributed by atoms with van der Waals surface area (Å²) in [6, 6.07) is 11.2. The third-order valence-electron chi connectivity index (χ3n) is 4.39. The summed E-state index contributed by atoms with van der Waals surface area (Å²) in [7, 11) is 0. The molecule has 1 atom stereocenters. The molecule has 0 spiro atoms. The van der Waals surface area contributed by atoms with Gasteiger partial charge in [0, 0.05) is 32.7 Å². The van der Waals surface area contributed by atoms with E-state index in [0.29, 0.717) is 18.5 Å². The highest BCUT2D eigenvalue weighted by atomic mass is 19.0. The lowest BCUT2D eigenvalue weighted by atomic mass is 9.94. The van der Waals surface area contributed by atoms with Gasteiger partial charge < -0.3 is 10.1 Å². The molecule has 5 heteroatoms. The van der Waals surface area contributed by atoms with Gasteiger partial charge in [0.2, 0.25) is 0 Å². The number of halogens is 1. The van der Waals surface area contributed by atoms with Gasteiger partial charge in [-0.1, -0.05) is 30.3 Å². The lowest BCUT2D eigenvalue weighted by molar-refractivity contribution is 0.0338. The molecule has 1 aliphatic carbocycles. The number of rotatable bonds is 5. The van der Waals surface area contributed by atoms with E-state index in [1.165, 1.54) is 24.0 Å². The van der Waals surface area contributed by atoms with Crippen molar-refractivity contribution in [3.05, 3.63) is 47.7 Å². The Labute approximate surface area is 151 Å². The van der Waals surface area contributed by atoms with E-state index in [0.717, 1.165) is 13.0 Å². The minimum Gasteiger partial charge on any atom is -0.443 e. The van der Waals surface area contributed by atoms with Gasteiger partial charge in [-0.2, -0.15) is 0 Å². The predicted octanol–water partition coefficient (Wildman–Crippen LogP) is 4.13. The van der Waals surface area contributed by atoms with Crippen LogP contribution in [0.3, 0.4) is 0 Å². The van der Waals surface area contributed by atoms with E-state index in [4.69, 9.17) is 4.74 Å². The van der Waals surface area contributed by atoms with Gasteiger partial charge in [-0.15, -0.1) is 0 Å². The third-order valence-corrected chi connectivity index (χ3v) is 4.39. The predicted molar refractivity (Wildman–Crippen MR) is 100 cm³/mol. The minimum atomic E-state index is -0.463. The molecule has 0 unspecified atom stereocenters. The van der Waals surface area contributed by atoms with E-state index in [9.17, 15) is 4.79 Å². The summed E-state index contributed by atoms with van der Waals surface area (Å²) in [6.45, 7) is 7.28. The highest BCUT2D eigenvalue weighted by molar-refractivity contribution is 5.70. The van der Waals surface area contributed by atoms with E-state index < -0.39 is 5.60 Å². The summed E-state index contributed by atoms with van der Waals surface area (Å²) in [4.78, 5) is 14.1. The molecular weight excluding hydrogens is 319 g/mol. The first kappa shape index (κ1) is 19.4. The SMILES string of the molecule is CC(C)(C)OC(=O)N1C=C(CNC2CC2)[C@H](Cc2ccccc2)C1.F.[HH]. The zero-order chi connectivity index (χ0) is 17.2. The molecule has 25 heavy (non-hydrogen) atoms. The molecule has 4 nitrogen and oxygen atoms in total. The Balaban J connectivity index is 0.00000169. The van der Waals surface area contributed by atoms with E-state index in [-0.39, 0.29) is 12.2 Å². The topological polar surface area (TPSA) is 41.6 Å². The summed E-state index contributed by atoms with van der Waals surface area (Å²) < 4.78 is 5.53. The molecule has 0 aromatic heterocycles. The lowest BCUT2D eigenvalue weighted by Crippen LogP contribution is -2.33. The van der Waals surface area contributed by atoms with E-state index in [1.807, 2.05) is 33.0 Å². The number of nitrogens with zero attached hydrogens (tertiary/aromatic N) is 1. The second-order valence-electron chi connectivity index (χ2n) is 7.88. The summed E-state index contributed by atoms with van der Waals surface area (Å²) in [5.41, 5.74) is 2.15. The zero-order valence-corrected chi connectivity index (χ0v) is 15.3. The van der Waals surface area contributed by atoms with Crippen molar-refractivity contribution in [3.63, 3.8) is 0 Å². The van der Waals surface area contributed by atoms with Crippen LogP contribution >= 0.6 is 0 Å². The quantitative estimate of drug-likeness (QED) is 0.868. The number of carbonyl (C=O) groups is 1. The van der Waals surface area contributed by atoms with Crippen LogP contribution in [0.25, 0.3) is 0 Å². The molecule has 1 aliphatic heterocycles. The Kier molecular flexibility index (Phi) is 6.22. The first-order valence-electron chi connectivity index (χ1n) is 8.88. The molecule has 140 valence electrons. The molecular formula is C20H31FN2O2. The standard InChI is InChI=1S/C20H28N2O2.FH.H2/c1-20(2,3)24-19(23)22-13-16(11-15-7-5-4-6-8-15)17(14-22)12-21-18-9-10-18;;/h4-8,14,16,18,21H,9-13H2,1-3H3;2*1H/t16-;;/m1../s1. The molecule has 1 amide bonds. The number of ether oxygens (including phenoxy) is 1. The van der Waals surface area contributed by atoms with Crippen LogP contribution in [0.15, 0.2) is 42.1 Å². The van der Waals surface area contributed by atoms with Crippen molar-refractivity contribution >= 4 is 6.09 Å². The van der Waals surface area contributed by atoms with Crippen LogP contribution in [0.4, 0.5) is 9.50 Å². The second kappa shape index (κ2) is 8.00. The highest BCUT2D eigenvalue weighted by Crippen LogP contribution is 2.28. The van der Waals surface area contributed by atoms with Crippen LogP contribution in [0.5, 0.6) is 0 Å². The van der Waals surface area contributed by atoms with E-state index in [2.05, 4.69) is 29.6 Å². The van der Waals surface area contributed by atoms with Gasteiger partial charge in [-0.3, -0.25) is 9.60 Å². The smallest absolute Gasteiger partial charge is 0.414 e. The average molecular weight is 350 g/mol. The second-order valence-corrected chi connectivity index (χ2v) is 7.88. The Morgan fingerprint density at radius 2 is 1.96 bits per heavy atom. The number of amides is 1. The van der Waals surface area contributed by atoms with E-state index >= 15 is 0 Å². The highest BCUT2D eigenvalue weighted by Gasteiger charge is 2.31. The van der Waals surface area contributed by atoms with Gasteiger partial charge in [0.15, 0.2) is 0 Å². The zero-order valence-electron chi connectivity index (χ0n) is 15.3. The first-order chi connectivity index (χ1) is 11.4. The van der Waals surface area contributed by atoms with Crippen molar-refractivity contribution in [3.8, 4) is 0 Å². The van der Waals surface area contributed by atoms with Gasteiger partial charge >= 0.3 is 6.09 Å². The van der Waals surface area contributed by atoms with Crippen LogP contribution in [-0.2, 0) is 11.2 Å². The largest absolute Gasteiger partial charge is 0.443 e.